The summed E-state index contributed by atoms with van der Waals surface area (Å²) in [6, 6.07) is 1.04. The SMILES string of the molecule is NC(N)=NCC[C@H](O)[C@H](Nc1ccc([N+](=O)[O-])cc1[N+](=O)[O-])C(=O)O. The normalized spacial score (nSPS) is 12.7. The lowest BCUT2D eigenvalue weighted by atomic mass is 10.1. The summed E-state index contributed by atoms with van der Waals surface area (Å²) in [6.45, 7) is -0.0582. The molecular formula is C12H16N6O7. The predicted molar refractivity (Wildman–Crippen MR) is 86.1 cm³/mol. The van der Waals surface area contributed by atoms with Gasteiger partial charge in [-0.2, -0.15) is 0 Å². The van der Waals surface area contributed by atoms with Crippen molar-refractivity contribution in [3.05, 3.63) is 38.4 Å². The molecule has 13 nitrogen and oxygen atoms in total. The predicted octanol–water partition coefficient (Wildman–Crippen LogP) is -0.607. The molecule has 0 saturated heterocycles. The number of nitro benzene ring substituents is 2. The molecule has 2 atom stereocenters. The van der Waals surface area contributed by atoms with Crippen LogP contribution in [-0.4, -0.2) is 50.7 Å². The fourth-order valence-electron chi connectivity index (χ4n) is 1.89. The van der Waals surface area contributed by atoms with Crippen LogP contribution in [0.3, 0.4) is 0 Å². The molecule has 1 rings (SSSR count). The largest absolute Gasteiger partial charge is 0.480 e. The number of hydrogen-bond donors (Lipinski definition) is 5. The number of guanidine groups is 1. The number of aliphatic carboxylic acids is 1. The lowest BCUT2D eigenvalue weighted by Gasteiger charge is -2.20. The van der Waals surface area contributed by atoms with E-state index in [2.05, 4.69) is 10.3 Å². The van der Waals surface area contributed by atoms with Gasteiger partial charge >= 0.3 is 5.97 Å². The molecule has 13 heteroatoms. The van der Waals surface area contributed by atoms with Crippen LogP contribution < -0.4 is 16.8 Å². The number of nitro groups is 2. The van der Waals surface area contributed by atoms with Crippen molar-refractivity contribution in [3.63, 3.8) is 0 Å². The van der Waals surface area contributed by atoms with Gasteiger partial charge in [0.1, 0.15) is 5.69 Å². The number of non-ortho nitro benzene ring substituents is 1. The number of nitrogens with zero attached hydrogens (tertiary/aromatic N) is 3. The Morgan fingerprint density at radius 1 is 1.28 bits per heavy atom. The second-order valence-corrected chi connectivity index (χ2v) is 4.84. The fraction of sp³-hybridized carbons (Fsp3) is 0.333. The number of rotatable bonds is 9. The summed E-state index contributed by atoms with van der Waals surface area (Å²) < 4.78 is 0. The van der Waals surface area contributed by atoms with Crippen molar-refractivity contribution in [1.29, 1.82) is 0 Å². The summed E-state index contributed by atoms with van der Waals surface area (Å²) in [5.74, 6) is -1.72. The molecule has 0 amide bonds. The molecule has 0 saturated carbocycles. The van der Waals surface area contributed by atoms with Crippen molar-refractivity contribution in [3.8, 4) is 0 Å². The van der Waals surface area contributed by atoms with Crippen LogP contribution in [0.4, 0.5) is 17.1 Å². The highest BCUT2D eigenvalue weighted by molar-refractivity contribution is 5.80. The number of carboxylic acids is 1. The topological polar surface area (TPSA) is 220 Å². The van der Waals surface area contributed by atoms with Crippen LogP contribution in [0.2, 0.25) is 0 Å². The average molecular weight is 356 g/mol. The minimum Gasteiger partial charge on any atom is -0.480 e. The second kappa shape index (κ2) is 8.39. The monoisotopic (exact) mass is 356 g/mol. The Morgan fingerprint density at radius 2 is 1.92 bits per heavy atom. The zero-order valence-electron chi connectivity index (χ0n) is 12.7. The Hall–Kier alpha value is -3.48. The first-order valence-electron chi connectivity index (χ1n) is 6.79. The zero-order chi connectivity index (χ0) is 19.1. The third-order valence-electron chi connectivity index (χ3n) is 3.07. The minimum absolute atomic E-state index is 0.0582. The number of aliphatic hydroxyl groups is 1. The molecule has 25 heavy (non-hydrogen) atoms. The van der Waals surface area contributed by atoms with Gasteiger partial charge in [-0.05, 0) is 12.5 Å². The van der Waals surface area contributed by atoms with Crippen molar-refractivity contribution in [2.75, 3.05) is 11.9 Å². The smallest absolute Gasteiger partial charge is 0.328 e. The lowest BCUT2D eigenvalue weighted by Crippen LogP contribution is -2.41. The van der Waals surface area contributed by atoms with Gasteiger partial charge in [-0.15, -0.1) is 0 Å². The van der Waals surface area contributed by atoms with Gasteiger partial charge < -0.3 is 27.0 Å². The highest BCUT2D eigenvalue weighted by atomic mass is 16.6. The number of aliphatic imine (C=N–C) groups is 1. The summed E-state index contributed by atoms with van der Waals surface area (Å²) >= 11 is 0. The summed E-state index contributed by atoms with van der Waals surface area (Å²) in [5, 5.41) is 43.2. The third-order valence-corrected chi connectivity index (χ3v) is 3.07. The number of hydrogen-bond acceptors (Lipinski definition) is 8. The third kappa shape index (κ3) is 5.58. The molecule has 0 unspecified atom stereocenters. The van der Waals surface area contributed by atoms with Gasteiger partial charge in [0.2, 0.25) is 0 Å². The minimum atomic E-state index is -1.62. The summed E-state index contributed by atoms with van der Waals surface area (Å²) in [6.07, 6.45) is -1.61. The number of nitrogens with two attached hydrogens (primary N) is 2. The van der Waals surface area contributed by atoms with Crippen molar-refractivity contribution < 1.29 is 24.9 Å². The van der Waals surface area contributed by atoms with Crippen LogP contribution >= 0.6 is 0 Å². The number of aliphatic hydroxyl groups excluding tert-OH is 1. The van der Waals surface area contributed by atoms with E-state index in [1.54, 1.807) is 0 Å². The van der Waals surface area contributed by atoms with E-state index in [1.807, 2.05) is 0 Å². The average Bonchev–Trinajstić information content (AvgIpc) is 2.51. The number of carbonyl (C=O) groups is 1. The molecule has 0 heterocycles. The second-order valence-electron chi connectivity index (χ2n) is 4.84. The summed E-state index contributed by atoms with van der Waals surface area (Å²) in [7, 11) is 0. The van der Waals surface area contributed by atoms with Gasteiger partial charge in [-0.1, -0.05) is 0 Å². The van der Waals surface area contributed by atoms with E-state index in [9.17, 15) is 35.2 Å². The number of carboxylic acid groups (broad SMARTS) is 1. The molecule has 1 aromatic carbocycles. The standard InChI is InChI=1S/C12H16N6O7/c13-12(14)15-4-3-9(19)10(11(20)21)16-7-2-1-6(17(22)23)5-8(7)18(24)25/h1-2,5,9-10,16,19H,3-4H2,(H,20,21)(H4,13,14,15)/t9-,10-/m0/s1. The van der Waals surface area contributed by atoms with E-state index < -0.39 is 39.3 Å². The Labute approximate surface area is 140 Å². The van der Waals surface area contributed by atoms with Crippen LogP contribution in [0.5, 0.6) is 0 Å². The summed E-state index contributed by atoms with van der Waals surface area (Å²) in [5.41, 5.74) is 8.71. The molecule has 0 fully saturated rings. The fourth-order valence-corrected chi connectivity index (χ4v) is 1.89. The van der Waals surface area contributed by atoms with Gasteiger partial charge in [0.15, 0.2) is 12.0 Å². The van der Waals surface area contributed by atoms with Gasteiger partial charge in [-0.3, -0.25) is 25.2 Å². The quantitative estimate of drug-likeness (QED) is 0.163. The van der Waals surface area contributed by atoms with Crippen LogP contribution in [0, 0.1) is 20.2 Å². The van der Waals surface area contributed by atoms with Crippen molar-refractivity contribution in [2.24, 2.45) is 16.5 Å². The molecule has 1 aromatic rings. The molecule has 0 aliphatic carbocycles. The van der Waals surface area contributed by atoms with E-state index in [0.29, 0.717) is 6.07 Å². The van der Waals surface area contributed by atoms with Crippen molar-refractivity contribution in [2.45, 2.75) is 18.6 Å². The Bertz CT molecular complexity index is 703. The van der Waals surface area contributed by atoms with Crippen LogP contribution in [0.25, 0.3) is 0 Å². The Kier molecular flexibility index (Phi) is 6.57. The molecule has 0 radical (unpaired) electrons. The highest BCUT2D eigenvalue weighted by Crippen LogP contribution is 2.29. The number of nitrogens with one attached hydrogen (secondary N) is 1. The molecular weight excluding hydrogens is 340 g/mol. The highest BCUT2D eigenvalue weighted by Gasteiger charge is 2.29. The molecule has 136 valence electrons. The number of anilines is 1. The molecule has 0 aromatic heterocycles. The molecule has 0 aliphatic rings. The summed E-state index contributed by atoms with van der Waals surface area (Å²) in [4.78, 5) is 34.9. The first-order chi connectivity index (χ1) is 11.6. The van der Waals surface area contributed by atoms with E-state index in [4.69, 9.17) is 11.5 Å². The molecule has 0 spiro atoms. The molecule has 0 aliphatic heterocycles. The number of benzene rings is 1. The first kappa shape index (κ1) is 19.6. The van der Waals surface area contributed by atoms with Crippen molar-refractivity contribution in [1.82, 2.24) is 0 Å². The van der Waals surface area contributed by atoms with Crippen LogP contribution in [-0.2, 0) is 4.79 Å². The lowest BCUT2D eigenvalue weighted by molar-refractivity contribution is -0.393. The maximum atomic E-state index is 11.3. The van der Waals surface area contributed by atoms with Crippen LogP contribution in [0.15, 0.2) is 23.2 Å². The van der Waals surface area contributed by atoms with E-state index >= 15 is 0 Å². The van der Waals surface area contributed by atoms with E-state index in [-0.39, 0.29) is 24.6 Å². The van der Waals surface area contributed by atoms with E-state index in [0.717, 1.165) is 12.1 Å². The maximum Gasteiger partial charge on any atom is 0.328 e. The Balaban J connectivity index is 3.05. The zero-order valence-corrected chi connectivity index (χ0v) is 12.7. The first-order valence-corrected chi connectivity index (χ1v) is 6.79. The van der Waals surface area contributed by atoms with Gasteiger partial charge in [0, 0.05) is 12.6 Å². The molecule has 7 N–H and O–H groups in total. The van der Waals surface area contributed by atoms with Gasteiger partial charge in [0.25, 0.3) is 11.4 Å². The van der Waals surface area contributed by atoms with E-state index in [1.165, 1.54) is 0 Å². The Morgan fingerprint density at radius 3 is 2.40 bits per heavy atom. The van der Waals surface area contributed by atoms with Crippen molar-refractivity contribution >= 4 is 29.0 Å². The van der Waals surface area contributed by atoms with Gasteiger partial charge in [-0.25, -0.2) is 4.79 Å². The molecule has 0 bridgehead atoms. The van der Waals surface area contributed by atoms with Crippen LogP contribution in [0.1, 0.15) is 6.42 Å². The maximum absolute atomic E-state index is 11.3. The van der Waals surface area contributed by atoms with Gasteiger partial charge in [0.05, 0.1) is 22.0 Å².